The third-order valence-corrected chi connectivity index (χ3v) is 11.7. The van der Waals surface area contributed by atoms with Crippen LogP contribution < -0.4 is 20.4 Å². The van der Waals surface area contributed by atoms with Crippen LogP contribution in [0.3, 0.4) is 0 Å². The van der Waals surface area contributed by atoms with Crippen LogP contribution in [0.5, 0.6) is 5.75 Å². The average molecular weight is 705 g/mol. The zero-order valence-electron chi connectivity index (χ0n) is 28.2. The highest BCUT2D eigenvalue weighted by molar-refractivity contribution is 7.86. The molecule has 2 N–H and O–H groups in total. The zero-order chi connectivity index (χ0) is 33.8. The van der Waals surface area contributed by atoms with Crippen LogP contribution in [-0.2, 0) is 10.8 Å². The van der Waals surface area contributed by atoms with Crippen molar-refractivity contribution in [1.29, 1.82) is 0 Å². The summed E-state index contributed by atoms with van der Waals surface area (Å²) in [6.07, 6.45) is 5.73. The molecule has 0 radical (unpaired) electrons. The van der Waals surface area contributed by atoms with E-state index in [1.54, 1.807) is 24.0 Å². The molecule has 51 heavy (non-hydrogen) atoms. The molecule has 0 aliphatic carbocycles. The number of piperazine rings is 1. The third kappa shape index (κ3) is 5.88. The molecule has 3 aliphatic rings. The van der Waals surface area contributed by atoms with Crippen molar-refractivity contribution in [3.05, 3.63) is 90.8 Å². The zero-order valence-corrected chi connectivity index (χ0v) is 29.0. The fourth-order valence-electron chi connectivity index (χ4n) is 7.58. The second-order valence-electron chi connectivity index (χ2n) is 13.4. The summed E-state index contributed by atoms with van der Waals surface area (Å²) in [5.41, 5.74) is 8.73. The quantitative estimate of drug-likeness (QED) is 0.232. The standard InChI is InChI=1S/C37H40N10O2S.CH4/c1-43-17-19-45(20-18-43)28-13-15-44(16-14-28)29-11-12-32(35(23-29)49-2)40-37(39-25-31-22-27-8-4-6-10-34(27)47(31)42-37)50(48)36-38-24-30-21-26-7-3-5-9-33(26)46(30)41-36;/h3-12,21-25,28,40,42H,13-20H2,1-2H3;1H4. The van der Waals surface area contributed by atoms with Crippen molar-refractivity contribution in [1.82, 2.24) is 29.1 Å². The number of piperidine rings is 1. The van der Waals surface area contributed by atoms with Crippen LogP contribution in [0.1, 0.15) is 26.0 Å². The van der Waals surface area contributed by atoms with E-state index in [-0.39, 0.29) is 12.6 Å². The second kappa shape index (κ2) is 13.3. The van der Waals surface area contributed by atoms with E-state index in [1.807, 2.05) is 65.3 Å². The van der Waals surface area contributed by atoms with Gasteiger partial charge in [0.05, 0.1) is 47.5 Å². The van der Waals surface area contributed by atoms with Crippen molar-refractivity contribution < 1.29 is 8.95 Å². The van der Waals surface area contributed by atoms with Gasteiger partial charge in [-0.25, -0.2) is 18.7 Å². The fourth-order valence-corrected chi connectivity index (χ4v) is 8.68. The van der Waals surface area contributed by atoms with Gasteiger partial charge < -0.3 is 19.9 Å². The molecule has 9 rings (SSSR count). The summed E-state index contributed by atoms with van der Waals surface area (Å²) >= 11 is 0. The highest BCUT2D eigenvalue weighted by Crippen LogP contribution is 2.36. The number of aromatic nitrogens is 4. The molecule has 264 valence electrons. The van der Waals surface area contributed by atoms with E-state index in [1.165, 1.54) is 0 Å². The van der Waals surface area contributed by atoms with Gasteiger partial charge >= 0.3 is 5.12 Å². The van der Waals surface area contributed by atoms with Crippen molar-refractivity contribution in [2.75, 3.05) is 69.1 Å². The summed E-state index contributed by atoms with van der Waals surface area (Å²) in [5.74, 6) is 0.632. The van der Waals surface area contributed by atoms with E-state index in [0.717, 1.165) is 90.8 Å². The first-order chi connectivity index (χ1) is 24.5. The summed E-state index contributed by atoms with van der Waals surface area (Å²) < 4.78 is 24.5. The third-order valence-electron chi connectivity index (χ3n) is 10.4. The maximum Gasteiger partial charge on any atom is 0.306 e. The van der Waals surface area contributed by atoms with Gasteiger partial charge in [-0.15, -0.1) is 5.10 Å². The number of fused-ring (bicyclic) bond motifs is 6. The molecule has 0 bridgehead atoms. The number of likely N-dealkylation sites (N-methyl/N-ethyl adjacent to an activating group) is 1. The van der Waals surface area contributed by atoms with Crippen molar-refractivity contribution in [2.24, 2.45) is 4.99 Å². The van der Waals surface area contributed by atoms with Gasteiger partial charge in [0.2, 0.25) is 5.16 Å². The molecule has 0 amide bonds. The van der Waals surface area contributed by atoms with E-state index in [9.17, 15) is 4.21 Å². The Hall–Kier alpha value is -4.98. The first kappa shape index (κ1) is 33.2. The number of methoxy groups -OCH3 is 1. The van der Waals surface area contributed by atoms with E-state index in [0.29, 0.717) is 17.5 Å². The van der Waals surface area contributed by atoms with Crippen molar-refractivity contribution >= 4 is 55.7 Å². The molecule has 3 aromatic carbocycles. The second-order valence-corrected chi connectivity index (χ2v) is 14.9. The molecule has 12 nitrogen and oxygen atoms in total. The molecular formula is C38H44N10O2S. The van der Waals surface area contributed by atoms with E-state index < -0.39 is 15.9 Å². The lowest BCUT2D eigenvalue weighted by atomic mass is 10.0. The smallest absolute Gasteiger partial charge is 0.306 e. The van der Waals surface area contributed by atoms with Crippen LogP contribution in [0.2, 0.25) is 0 Å². The Bertz CT molecular complexity index is 2270. The number of benzene rings is 3. The highest BCUT2D eigenvalue weighted by Gasteiger charge is 2.43. The van der Waals surface area contributed by atoms with Gasteiger partial charge in [-0.1, -0.05) is 43.8 Å². The minimum atomic E-state index is -1.93. The van der Waals surface area contributed by atoms with Gasteiger partial charge in [-0.3, -0.25) is 15.0 Å². The molecular weight excluding hydrogens is 661 g/mol. The van der Waals surface area contributed by atoms with E-state index in [2.05, 4.69) is 55.7 Å². The van der Waals surface area contributed by atoms with Gasteiger partial charge in [-0.05, 0) is 56.3 Å². The maximum atomic E-state index is 14.9. The largest absolute Gasteiger partial charge is 0.495 e. The normalized spacial score (nSPS) is 20.6. The van der Waals surface area contributed by atoms with Crippen molar-refractivity contribution in [2.45, 2.75) is 36.6 Å². The molecule has 2 saturated heterocycles. The maximum absolute atomic E-state index is 14.9. The van der Waals surface area contributed by atoms with Crippen LogP contribution in [0.25, 0.3) is 27.3 Å². The van der Waals surface area contributed by atoms with Crippen LogP contribution >= 0.6 is 0 Å². The SMILES string of the molecule is C.COc1cc(N2CCC(N3CCN(C)CC3)CC2)ccc1NC1(S(=O)c2ncc3cc4ccccc4n3n2)N=Cc2cc3ccccc3n2N1. The van der Waals surface area contributed by atoms with Crippen LogP contribution in [0.15, 0.2) is 95.2 Å². The summed E-state index contributed by atoms with van der Waals surface area (Å²) in [6.45, 7) is 6.56. The molecule has 13 heteroatoms. The molecule has 2 fully saturated rings. The van der Waals surface area contributed by atoms with Crippen molar-refractivity contribution in [3.8, 4) is 5.75 Å². The highest BCUT2D eigenvalue weighted by atomic mass is 32.2. The lowest BCUT2D eigenvalue weighted by Crippen LogP contribution is -2.54. The van der Waals surface area contributed by atoms with Crippen molar-refractivity contribution in [3.63, 3.8) is 0 Å². The van der Waals surface area contributed by atoms with Gasteiger partial charge in [0.1, 0.15) is 5.75 Å². The minimum Gasteiger partial charge on any atom is -0.495 e. The molecule has 2 unspecified atom stereocenters. The van der Waals surface area contributed by atoms with Gasteiger partial charge in [0.15, 0.2) is 10.8 Å². The van der Waals surface area contributed by atoms with Crippen LogP contribution in [-0.4, -0.2) is 104 Å². The van der Waals surface area contributed by atoms with Gasteiger partial charge in [0.25, 0.3) is 0 Å². The number of hydrogen-bond acceptors (Lipinski definition) is 10. The Morgan fingerprint density at radius 3 is 2.39 bits per heavy atom. The number of ether oxygens (including phenoxy) is 1. The molecule has 3 aliphatic heterocycles. The first-order valence-corrected chi connectivity index (χ1v) is 18.4. The lowest BCUT2D eigenvalue weighted by molar-refractivity contribution is 0.0982. The Morgan fingerprint density at radius 1 is 0.902 bits per heavy atom. The Labute approximate surface area is 300 Å². The predicted molar refractivity (Wildman–Crippen MR) is 206 cm³/mol. The van der Waals surface area contributed by atoms with Gasteiger partial charge in [-0.2, -0.15) is 0 Å². The number of nitrogens with zero attached hydrogens (tertiary/aromatic N) is 8. The number of para-hydroxylation sites is 2. The number of nitrogens with one attached hydrogen (secondary N) is 2. The molecule has 0 saturated carbocycles. The molecule has 6 heterocycles. The number of aliphatic imine (C=N–C) groups is 1. The summed E-state index contributed by atoms with van der Waals surface area (Å²) in [6, 6.07) is 26.9. The molecule has 6 aromatic rings. The topological polar surface area (TPSA) is 108 Å². The molecule has 3 aromatic heterocycles. The average Bonchev–Trinajstić information content (AvgIpc) is 3.72. The fraction of sp³-hybridized carbons (Fsp3) is 0.342. The minimum absolute atomic E-state index is 0. The number of anilines is 2. The predicted octanol–water partition coefficient (Wildman–Crippen LogP) is 5.21. The molecule has 2 atom stereocenters. The lowest BCUT2D eigenvalue weighted by Gasteiger charge is -2.42. The Morgan fingerprint density at radius 2 is 1.63 bits per heavy atom. The Balaban J connectivity index is 0.00000374. The van der Waals surface area contributed by atoms with E-state index >= 15 is 0 Å². The van der Waals surface area contributed by atoms with E-state index in [4.69, 9.17) is 14.8 Å². The monoisotopic (exact) mass is 704 g/mol. The van der Waals surface area contributed by atoms with Crippen LogP contribution in [0.4, 0.5) is 11.4 Å². The van der Waals surface area contributed by atoms with Crippen LogP contribution in [0, 0.1) is 0 Å². The number of rotatable bonds is 7. The van der Waals surface area contributed by atoms with Gasteiger partial charge in [0, 0.05) is 67.8 Å². The first-order valence-electron chi connectivity index (χ1n) is 17.2. The Kier molecular flexibility index (Phi) is 8.65. The summed E-state index contributed by atoms with van der Waals surface area (Å²) in [7, 11) is 1.94. The molecule has 0 spiro atoms. The summed E-state index contributed by atoms with van der Waals surface area (Å²) in [4.78, 5) is 17.0. The summed E-state index contributed by atoms with van der Waals surface area (Å²) in [5, 5.41) is 8.92. The number of hydrogen-bond donors (Lipinski definition) is 2.